The molecule has 0 radical (unpaired) electrons. The lowest BCUT2D eigenvalue weighted by molar-refractivity contribution is -0.0257. The third kappa shape index (κ3) is 6.73. The average molecular weight is 284 g/mol. The zero-order chi connectivity index (χ0) is 14.1. The van der Waals surface area contributed by atoms with Gasteiger partial charge in [0.15, 0.2) is 0 Å². The Morgan fingerprint density at radius 1 is 1.42 bits per heavy atom. The van der Waals surface area contributed by atoms with Gasteiger partial charge in [0.2, 0.25) is 0 Å². The summed E-state index contributed by atoms with van der Waals surface area (Å²) in [6.07, 6.45) is 0.253. The van der Waals surface area contributed by atoms with Gasteiger partial charge in [-0.15, -0.1) is 11.8 Å². The number of aliphatic hydroxyl groups is 1. The number of hydrogen-bond donors (Lipinski definition) is 1. The lowest BCUT2D eigenvalue weighted by Gasteiger charge is -2.15. The molecule has 1 N–H and O–H groups in total. The smallest absolute Gasteiger partial charge is 0.150 e. The van der Waals surface area contributed by atoms with Crippen molar-refractivity contribution in [1.29, 1.82) is 0 Å². The van der Waals surface area contributed by atoms with E-state index in [9.17, 15) is 9.90 Å². The van der Waals surface area contributed by atoms with Gasteiger partial charge in [0, 0.05) is 23.3 Å². The summed E-state index contributed by atoms with van der Waals surface area (Å²) in [6, 6.07) is 7.30. The van der Waals surface area contributed by atoms with Crippen LogP contribution in [0.25, 0.3) is 0 Å². The highest BCUT2D eigenvalue weighted by Gasteiger charge is 2.09. The normalized spacial score (nSPS) is 14.1. The largest absolute Gasteiger partial charge is 0.390 e. The van der Waals surface area contributed by atoms with E-state index < -0.39 is 6.10 Å². The molecule has 5 heteroatoms. The zero-order valence-electron chi connectivity index (χ0n) is 11.2. The summed E-state index contributed by atoms with van der Waals surface area (Å²) in [6.45, 7) is 2.70. The molecule has 1 aromatic rings. The number of carbonyl (C=O) groups is 1. The highest BCUT2D eigenvalue weighted by molar-refractivity contribution is 7.99. The van der Waals surface area contributed by atoms with Gasteiger partial charge in [-0.05, 0) is 19.1 Å². The van der Waals surface area contributed by atoms with Crippen LogP contribution in [0.5, 0.6) is 0 Å². The Balaban J connectivity index is 2.29. The van der Waals surface area contributed by atoms with E-state index in [2.05, 4.69) is 0 Å². The number of carbonyl (C=O) groups excluding carboxylic acids is 1. The van der Waals surface area contributed by atoms with Crippen LogP contribution in [-0.2, 0) is 9.47 Å². The van der Waals surface area contributed by atoms with Crippen LogP contribution in [0.15, 0.2) is 29.2 Å². The molecule has 0 aliphatic rings. The SMILES string of the molecule is COCC(C)OCC(O)CSc1cccc(C=O)c1. The van der Waals surface area contributed by atoms with Gasteiger partial charge in [0.1, 0.15) is 6.29 Å². The summed E-state index contributed by atoms with van der Waals surface area (Å²) in [7, 11) is 1.62. The molecule has 0 aliphatic heterocycles. The first-order chi connectivity index (χ1) is 9.15. The Hall–Kier alpha value is -0.880. The second kappa shape index (κ2) is 9.09. The van der Waals surface area contributed by atoms with Crippen LogP contribution in [0.2, 0.25) is 0 Å². The second-order valence-corrected chi connectivity index (χ2v) is 5.35. The highest BCUT2D eigenvalue weighted by Crippen LogP contribution is 2.19. The van der Waals surface area contributed by atoms with Crippen molar-refractivity contribution in [1.82, 2.24) is 0 Å². The molecule has 1 aromatic carbocycles. The predicted molar refractivity (Wildman–Crippen MR) is 75.9 cm³/mol. The van der Waals surface area contributed by atoms with E-state index in [1.165, 1.54) is 11.8 Å². The summed E-state index contributed by atoms with van der Waals surface area (Å²) >= 11 is 1.50. The van der Waals surface area contributed by atoms with E-state index in [0.29, 0.717) is 17.9 Å². The summed E-state index contributed by atoms with van der Waals surface area (Å²) in [4.78, 5) is 11.6. The molecule has 2 atom stereocenters. The molecule has 1 rings (SSSR count). The topological polar surface area (TPSA) is 55.8 Å². The van der Waals surface area contributed by atoms with Crippen molar-refractivity contribution in [3.8, 4) is 0 Å². The quantitative estimate of drug-likeness (QED) is 0.555. The molecule has 0 amide bonds. The first kappa shape index (κ1) is 16.2. The van der Waals surface area contributed by atoms with E-state index in [4.69, 9.17) is 9.47 Å². The molecule has 0 fully saturated rings. The molecule has 0 aromatic heterocycles. The van der Waals surface area contributed by atoms with Crippen LogP contribution < -0.4 is 0 Å². The number of hydrogen-bond acceptors (Lipinski definition) is 5. The van der Waals surface area contributed by atoms with Crippen LogP contribution in [0.4, 0.5) is 0 Å². The van der Waals surface area contributed by atoms with Crippen molar-refractivity contribution in [3.63, 3.8) is 0 Å². The second-order valence-electron chi connectivity index (χ2n) is 4.25. The van der Waals surface area contributed by atoms with Gasteiger partial charge < -0.3 is 14.6 Å². The van der Waals surface area contributed by atoms with Gasteiger partial charge in [-0.25, -0.2) is 0 Å². The van der Waals surface area contributed by atoms with Gasteiger partial charge in [0.05, 0.1) is 25.4 Å². The summed E-state index contributed by atoms with van der Waals surface area (Å²) in [5.74, 6) is 0.530. The Bertz CT molecular complexity index is 383. The number of ether oxygens (including phenoxy) is 2. The Morgan fingerprint density at radius 2 is 2.21 bits per heavy atom. The maximum absolute atomic E-state index is 10.6. The minimum Gasteiger partial charge on any atom is -0.390 e. The fourth-order valence-corrected chi connectivity index (χ4v) is 2.35. The molecule has 0 saturated heterocycles. The van der Waals surface area contributed by atoms with Gasteiger partial charge in [-0.3, -0.25) is 4.79 Å². The van der Waals surface area contributed by atoms with Crippen LogP contribution in [0.1, 0.15) is 17.3 Å². The Kier molecular flexibility index (Phi) is 7.74. The maximum Gasteiger partial charge on any atom is 0.150 e. The number of thioether (sulfide) groups is 1. The lowest BCUT2D eigenvalue weighted by atomic mass is 10.2. The van der Waals surface area contributed by atoms with Crippen molar-refractivity contribution >= 4 is 18.0 Å². The van der Waals surface area contributed by atoms with Crippen LogP contribution in [0.3, 0.4) is 0 Å². The first-order valence-electron chi connectivity index (χ1n) is 6.12. The van der Waals surface area contributed by atoms with Crippen molar-refractivity contribution < 1.29 is 19.4 Å². The van der Waals surface area contributed by atoms with Crippen molar-refractivity contribution in [2.24, 2.45) is 0 Å². The van der Waals surface area contributed by atoms with E-state index >= 15 is 0 Å². The predicted octanol–water partition coefficient (Wildman–Crippen LogP) is 2.00. The summed E-state index contributed by atoms with van der Waals surface area (Å²) in [5.41, 5.74) is 0.643. The Morgan fingerprint density at radius 3 is 2.89 bits per heavy atom. The number of aliphatic hydroxyl groups excluding tert-OH is 1. The molecule has 106 valence electrons. The number of benzene rings is 1. The number of rotatable bonds is 9. The molecule has 0 saturated carbocycles. The third-order valence-electron chi connectivity index (χ3n) is 2.41. The van der Waals surface area contributed by atoms with Gasteiger partial charge in [-0.2, -0.15) is 0 Å². The Labute approximate surface area is 118 Å². The van der Waals surface area contributed by atoms with Crippen molar-refractivity contribution in [3.05, 3.63) is 29.8 Å². The van der Waals surface area contributed by atoms with Crippen molar-refractivity contribution in [2.45, 2.75) is 24.0 Å². The molecule has 2 unspecified atom stereocenters. The minimum atomic E-state index is -0.538. The van der Waals surface area contributed by atoms with Crippen LogP contribution in [-0.4, -0.2) is 49.7 Å². The van der Waals surface area contributed by atoms with E-state index in [1.807, 2.05) is 19.1 Å². The first-order valence-corrected chi connectivity index (χ1v) is 7.11. The fraction of sp³-hybridized carbons (Fsp3) is 0.500. The highest BCUT2D eigenvalue weighted by atomic mass is 32.2. The van der Waals surface area contributed by atoms with Crippen molar-refractivity contribution in [2.75, 3.05) is 26.1 Å². The maximum atomic E-state index is 10.6. The van der Waals surface area contributed by atoms with Crippen LogP contribution in [0, 0.1) is 0 Å². The van der Waals surface area contributed by atoms with Gasteiger partial charge in [-0.1, -0.05) is 12.1 Å². The monoisotopic (exact) mass is 284 g/mol. The molecular formula is C14H20O4S. The van der Waals surface area contributed by atoms with E-state index in [-0.39, 0.29) is 12.7 Å². The molecular weight excluding hydrogens is 264 g/mol. The van der Waals surface area contributed by atoms with Gasteiger partial charge >= 0.3 is 0 Å². The van der Waals surface area contributed by atoms with Crippen LogP contribution >= 0.6 is 11.8 Å². The molecule has 19 heavy (non-hydrogen) atoms. The number of methoxy groups -OCH3 is 1. The number of aldehydes is 1. The average Bonchev–Trinajstić information content (AvgIpc) is 2.43. The van der Waals surface area contributed by atoms with E-state index in [0.717, 1.165) is 11.2 Å². The zero-order valence-corrected chi connectivity index (χ0v) is 12.1. The summed E-state index contributed by atoms with van der Waals surface area (Å²) in [5, 5.41) is 9.80. The fourth-order valence-electron chi connectivity index (χ4n) is 1.48. The molecule has 0 heterocycles. The minimum absolute atomic E-state index is 0.0250. The standard InChI is InChI=1S/C14H20O4S/c1-11(8-17-2)18-9-13(16)10-19-14-5-3-4-12(6-14)7-15/h3-7,11,13,16H,8-10H2,1-2H3. The van der Waals surface area contributed by atoms with Gasteiger partial charge in [0.25, 0.3) is 0 Å². The molecule has 0 spiro atoms. The summed E-state index contributed by atoms with van der Waals surface area (Å²) < 4.78 is 10.4. The van der Waals surface area contributed by atoms with E-state index in [1.54, 1.807) is 19.2 Å². The lowest BCUT2D eigenvalue weighted by Crippen LogP contribution is -2.24. The third-order valence-corrected chi connectivity index (χ3v) is 3.55. The molecule has 4 nitrogen and oxygen atoms in total. The molecule has 0 bridgehead atoms. The molecule has 0 aliphatic carbocycles.